The van der Waals surface area contributed by atoms with Crippen molar-refractivity contribution >= 4 is 16.8 Å². The lowest BCUT2D eigenvalue weighted by atomic mass is 9.91. The monoisotopic (exact) mass is 330 g/mol. The number of rotatable bonds is 2. The van der Waals surface area contributed by atoms with E-state index in [0.717, 1.165) is 17.0 Å². The lowest BCUT2D eigenvalue weighted by Gasteiger charge is -2.37. The van der Waals surface area contributed by atoms with Crippen LogP contribution in [0.1, 0.15) is 56.1 Å². The second-order valence-electron chi connectivity index (χ2n) is 7.49. The van der Waals surface area contributed by atoms with E-state index < -0.39 is 0 Å². The molecule has 2 fully saturated rings. The molecule has 4 rings (SSSR count). The SMILES string of the molecule is N#Cc1ccc(C=C2CCN(C3CCCCC3)CC2)c2ccccc12. The molecule has 0 N–H and O–H groups in total. The summed E-state index contributed by atoms with van der Waals surface area (Å²) in [6, 6.07) is 15.5. The highest BCUT2D eigenvalue weighted by Crippen LogP contribution is 2.29. The highest BCUT2D eigenvalue weighted by molar-refractivity contribution is 5.94. The van der Waals surface area contributed by atoms with Crippen LogP contribution in [0.2, 0.25) is 0 Å². The van der Waals surface area contributed by atoms with Crippen molar-refractivity contribution in [2.45, 2.75) is 51.0 Å². The molecule has 2 nitrogen and oxygen atoms in total. The highest BCUT2D eigenvalue weighted by Gasteiger charge is 2.23. The van der Waals surface area contributed by atoms with Gasteiger partial charge >= 0.3 is 0 Å². The number of benzene rings is 2. The summed E-state index contributed by atoms with van der Waals surface area (Å²) >= 11 is 0. The van der Waals surface area contributed by atoms with Crippen LogP contribution in [-0.4, -0.2) is 24.0 Å². The summed E-state index contributed by atoms with van der Waals surface area (Å²) < 4.78 is 0. The third-order valence-corrected chi connectivity index (χ3v) is 5.97. The fraction of sp³-hybridized carbons (Fsp3) is 0.435. The van der Waals surface area contributed by atoms with Crippen molar-refractivity contribution in [3.8, 4) is 6.07 Å². The average Bonchev–Trinajstić information content (AvgIpc) is 2.69. The molecular weight excluding hydrogens is 304 g/mol. The third kappa shape index (κ3) is 3.48. The number of likely N-dealkylation sites (tertiary alicyclic amines) is 1. The van der Waals surface area contributed by atoms with Gasteiger partial charge in [-0.2, -0.15) is 5.26 Å². The van der Waals surface area contributed by atoms with Crippen molar-refractivity contribution < 1.29 is 0 Å². The van der Waals surface area contributed by atoms with Gasteiger partial charge in [-0.3, -0.25) is 4.90 Å². The summed E-state index contributed by atoms with van der Waals surface area (Å²) in [6.07, 6.45) is 11.8. The molecule has 2 aliphatic rings. The van der Waals surface area contributed by atoms with Crippen molar-refractivity contribution in [2.24, 2.45) is 0 Å². The molecular formula is C23H26N2. The van der Waals surface area contributed by atoms with Gasteiger partial charge in [0.05, 0.1) is 11.6 Å². The molecule has 0 unspecified atom stereocenters. The van der Waals surface area contributed by atoms with Crippen molar-refractivity contribution in [3.63, 3.8) is 0 Å². The molecule has 0 bridgehead atoms. The van der Waals surface area contributed by atoms with Crippen molar-refractivity contribution in [1.82, 2.24) is 4.90 Å². The van der Waals surface area contributed by atoms with E-state index in [1.165, 1.54) is 69.0 Å². The minimum absolute atomic E-state index is 0.768. The van der Waals surface area contributed by atoms with Gasteiger partial charge in [0.25, 0.3) is 0 Å². The maximum Gasteiger partial charge on any atom is 0.0998 e. The largest absolute Gasteiger partial charge is 0.300 e. The van der Waals surface area contributed by atoms with Crippen LogP contribution in [0.15, 0.2) is 42.0 Å². The molecule has 0 spiro atoms. The first-order valence-corrected chi connectivity index (χ1v) is 9.70. The first-order chi connectivity index (χ1) is 12.3. The van der Waals surface area contributed by atoms with Crippen molar-refractivity contribution in [2.75, 3.05) is 13.1 Å². The Hall–Kier alpha value is -2.11. The van der Waals surface area contributed by atoms with Gasteiger partial charge in [0.15, 0.2) is 0 Å². The van der Waals surface area contributed by atoms with Crippen LogP contribution in [-0.2, 0) is 0 Å². The Morgan fingerprint density at radius 2 is 1.64 bits per heavy atom. The third-order valence-electron chi connectivity index (χ3n) is 5.97. The first kappa shape index (κ1) is 16.4. The number of hydrogen-bond acceptors (Lipinski definition) is 2. The zero-order valence-electron chi connectivity index (χ0n) is 14.9. The standard InChI is InChI=1S/C23H26N2/c24-17-20-11-10-19(22-8-4-5-9-23(20)22)16-18-12-14-25(15-13-18)21-6-2-1-3-7-21/h4-5,8-11,16,21H,1-3,6-7,12-15H2. The summed E-state index contributed by atoms with van der Waals surface area (Å²) in [5, 5.41) is 11.6. The molecule has 0 aromatic heterocycles. The Labute approximate surface area is 150 Å². The fourth-order valence-corrected chi connectivity index (χ4v) is 4.53. The predicted molar refractivity (Wildman–Crippen MR) is 104 cm³/mol. The van der Waals surface area contributed by atoms with Gasteiger partial charge < -0.3 is 0 Å². The summed E-state index contributed by atoms with van der Waals surface area (Å²) in [6.45, 7) is 2.43. The number of nitriles is 1. The molecule has 0 atom stereocenters. The van der Waals surface area contributed by atoms with Crippen molar-refractivity contribution in [3.05, 3.63) is 53.1 Å². The topological polar surface area (TPSA) is 27.0 Å². The van der Waals surface area contributed by atoms with E-state index in [0.29, 0.717) is 0 Å². The van der Waals surface area contributed by atoms with E-state index in [1.807, 2.05) is 12.1 Å². The lowest BCUT2D eigenvalue weighted by Crippen LogP contribution is -2.40. The molecule has 0 amide bonds. The first-order valence-electron chi connectivity index (χ1n) is 9.70. The lowest BCUT2D eigenvalue weighted by molar-refractivity contribution is 0.146. The number of nitrogens with zero attached hydrogens (tertiary/aromatic N) is 2. The Bertz CT molecular complexity index is 812. The molecule has 2 aromatic rings. The van der Waals surface area contributed by atoms with Gasteiger partial charge in [-0.05, 0) is 42.7 Å². The normalized spacial score (nSPS) is 19.7. The summed E-state index contributed by atoms with van der Waals surface area (Å²) in [7, 11) is 0. The molecule has 2 aromatic carbocycles. The Morgan fingerprint density at radius 1 is 0.920 bits per heavy atom. The number of fused-ring (bicyclic) bond motifs is 1. The maximum atomic E-state index is 9.33. The molecule has 1 saturated heterocycles. The second-order valence-corrected chi connectivity index (χ2v) is 7.49. The van der Waals surface area contributed by atoms with E-state index in [-0.39, 0.29) is 0 Å². The molecule has 0 radical (unpaired) electrons. The van der Waals surface area contributed by atoms with Crippen molar-refractivity contribution in [1.29, 1.82) is 5.26 Å². The molecule has 1 aliphatic carbocycles. The van der Waals surface area contributed by atoms with Gasteiger partial charge in [0, 0.05) is 24.5 Å². The zero-order valence-corrected chi connectivity index (χ0v) is 14.9. The minimum Gasteiger partial charge on any atom is -0.300 e. The van der Waals surface area contributed by atoms with E-state index in [4.69, 9.17) is 0 Å². The zero-order chi connectivity index (χ0) is 17.1. The summed E-state index contributed by atoms with van der Waals surface area (Å²) in [5.74, 6) is 0. The summed E-state index contributed by atoms with van der Waals surface area (Å²) in [4.78, 5) is 2.73. The van der Waals surface area contributed by atoms with Gasteiger partial charge in [-0.15, -0.1) is 0 Å². The van der Waals surface area contributed by atoms with Crippen LogP contribution in [0.25, 0.3) is 16.8 Å². The van der Waals surface area contributed by atoms with E-state index >= 15 is 0 Å². The fourth-order valence-electron chi connectivity index (χ4n) is 4.53. The molecule has 2 heteroatoms. The average molecular weight is 330 g/mol. The molecule has 128 valence electrons. The minimum atomic E-state index is 0.768. The van der Waals surface area contributed by atoms with Crippen LogP contribution < -0.4 is 0 Å². The summed E-state index contributed by atoms with van der Waals surface area (Å²) in [5.41, 5.74) is 3.59. The molecule has 1 heterocycles. The van der Waals surface area contributed by atoms with Gasteiger partial charge in [-0.25, -0.2) is 0 Å². The quantitative estimate of drug-likeness (QED) is 0.724. The van der Waals surface area contributed by atoms with E-state index in [1.54, 1.807) is 5.57 Å². The second kappa shape index (κ2) is 7.42. The van der Waals surface area contributed by atoms with Crippen LogP contribution in [0.4, 0.5) is 0 Å². The predicted octanol–water partition coefficient (Wildman–Crippen LogP) is 5.52. The maximum absolute atomic E-state index is 9.33. The Morgan fingerprint density at radius 3 is 2.36 bits per heavy atom. The molecule has 1 saturated carbocycles. The smallest absolute Gasteiger partial charge is 0.0998 e. The van der Waals surface area contributed by atoms with Crippen LogP contribution in [0.5, 0.6) is 0 Å². The Balaban J connectivity index is 1.53. The Kier molecular flexibility index (Phi) is 4.85. The van der Waals surface area contributed by atoms with Gasteiger partial charge in [0.2, 0.25) is 0 Å². The van der Waals surface area contributed by atoms with E-state index in [2.05, 4.69) is 41.3 Å². The van der Waals surface area contributed by atoms with Gasteiger partial charge in [-0.1, -0.05) is 61.2 Å². The van der Waals surface area contributed by atoms with Crippen LogP contribution in [0, 0.1) is 11.3 Å². The number of piperidine rings is 1. The van der Waals surface area contributed by atoms with Gasteiger partial charge in [0.1, 0.15) is 0 Å². The van der Waals surface area contributed by atoms with Crippen LogP contribution >= 0.6 is 0 Å². The molecule has 25 heavy (non-hydrogen) atoms. The molecule has 1 aliphatic heterocycles. The van der Waals surface area contributed by atoms with Crippen LogP contribution in [0.3, 0.4) is 0 Å². The van der Waals surface area contributed by atoms with E-state index in [9.17, 15) is 5.26 Å². The highest BCUT2D eigenvalue weighted by atomic mass is 15.2. The number of hydrogen-bond donors (Lipinski definition) is 0.